The molecule has 0 spiro atoms. The van der Waals surface area contributed by atoms with Crippen molar-refractivity contribution in [3.05, 3.63) is 41.9 Å². The molecule has 2 fully saturated rings. The van der Waals surface area contributed by atoms with Crippen molar-refractivity contribution in [3.8, 4) is 0 Å². The second kappa shape index (κ2) is 5.30. The number of hydrogen-bond acceptors (Lipinski definition) is 6. The molecule has 25 heavy (non-hydrogen) atoms. The molecular weight excluding hydrogens is 339 g/mol. The Labute approximate surface area is 139 Å². The van der Waals surface area contributed by atoms with Gasteiger partial charge in [0.1, 0.15) is 5.82 Å². The van der Waals surface area contributed by atoms with Crippen LogP contribution in [0.25, 0.3) is 0 Å². The molecule has 0 radical (unpaired) electrons. The minimum absolute atomic E-state index is 0.00391. The van der Waals surface area contributed by atoms with Crippen molar-refractivity contribution in [2.45, 2.75) is 18.3 Å². The molecule has 0 amide bonds. The summed E-state index contributed by atoms with van der Waals surface area (Å²) >= 11 is 0. The summed E-state index contributed by atoms with van der Waals surface area (Å²) < 4.78 is 38.4. The highest BCUT2D eigenvalue weighted by Crippen LogP contribution is 2.39. The van der Waals surface area contributed by atoms with E-state index in [1.54, 1.807) is 0 Å². The Morgan fingerprint density at radius 1 is 1.12 bits per heavy atom. The number of aromatic carboxylic acids is 1. The molecule has 2 aliphatic heterocycles. The van der Waals surface area contributed by atoms with Gasteiger partial charge in [0, 0.05) is 31.7 Å². The molecule has 4 heterocycles. The zero-order valence-electron chi connectivity index (χ0n) is 12.7. The van der Waals surface area contributed by atoms with Crippen LogP contribution < -0.4 is 9.80 Å². The van der Waals surface area contributed by atoms with E-state index in [1.807, 2.05) is 9.80 Å². The minimum Gasteiger partial charge on any atom is -0.478 e. The van der Waals surface area contributed by atoms with E-state index in [-0.39, 0.29) is 17.6 Å². The van der Waals surface area contributed by atoms with Gasteiger partial charge in [-0.25, -0.2) is 19.7 Å². The highest BCUT2D eigenvalue weighted by atomic mass is 19.4. The van der Waals surface area contributed by atoms with Crippen LogP contribution in [-0.4, -0.2) is 51.2 Å². The largest absolute Gasteiger partial charge is 0.478 e. The first-order valence-electron chi connectivity index (χ1n) is 7.46. The number of halogens is 3. The molecule has 0 saturated carbocycles. The monoisotopic (exact) mass is 351 g/mol. The number of alkyl halides is 3. The maximum atomic E-state index is 12.8. The van der Waals surface area contributed by atoms with Crippen LogP contribution in [0.1, 0.15) is 15.9 Å². The van der Waals surface area contributed by atoms with E-state index in [2.05, 4.69) is 15.0 Å². The molecule has 2 aliphatic rings. The smallest absolute Gasteiger partial charge is 0.416 e. The lowest BCUT2D eigenvalue weighted by Gasteiger charge is -2.62. The molecule has 7 nitrogen and oxygen atoms in total. The first-order valence-corrected chi connectivity index (χ1v) is 7.46. The van der Waals surface area contributed by atoms with Crippen LogP contribution in [0.3, 0.4) is 0 Å². The first-order chi connectivity index (χ1) is 11.8. The summed E-state index contributed by atoms with van der Waals surface area (Å²) in [5, 5.41) is 8.84. The van der Waals surface area contributed by atoms with Crippen molar-refractivity contribution in [3.63, 3.8) is 0 Å². The van der Waals surface area contributed by atoms with Crippen molar-refractivity contribution >= 4 is 17.7 Å². The van der Waals surface area contributed by atoms with Crippen LogP contribution in [-0.2, 0) is 6.18 Å². The predicted octanol–water partition coefficient (Wildman–Crippen LogP) is 1.67. The Balaban J connectivity index is 1.45. The number of piperazine rings is 1. The van der Waals surface area contributed by atoms with Gasteiger partial charge in [0.05, 0.1) is 23.2 Å². The summed E-state index contributed by atoms with van der Waals surface area (Å²) in [6.07, 6.45) is -0.755. The van der Waals surface area contributed by atoms with Crippen molar-refractivity contribution in [2.75, 3.05) is 22.9 Å². The van der Waals surface area contributed by atoms with Crippen LogP contribution in [0.15, 0.2) is 30.7 Å². The number of hydrogen-bond donors (Lipinski definition) is 1. The molecule has 2 aromatic rings. The second-order valence-corrected chi connectivity index (χ2v) is 5.92. The summed E-state index contributed by atoms with van der Waals surface area (Å²) in [6.45, 7) is 1.07. The van der Waals surface area contributed by atoms with E-state index in [9.17, 15) is 18.0 Å². The van der Waals surface area contributed by atoms with Crippen LogP contribution >= 0.6 is 0 Å². The highest BCUT2D eigenvalue weighted by molar-refractivity contribution is 5.86. The average Bonchev–Trinajstić information content (AvgIpc) is 2.56. The summed E-state index contributed by atoms with van der Waals surface area (Å²) in [4.78, 5) is 26.6. The van der Waals surface area contributed by atoms with Gasteiger partial charge < -0.3 is 14.9 Å². The number of carboxylic acid groups (broad SMARTS) is 1. The summed E-state index contributed by atoms with van der Waals surface area (Å²) in [5.41, 5.74) is -0.714. The molecule has 1 unspecified atom stereocenters. The number of pyridine rings is 1. The van der Waals surface area contributed by atoms with Gasteiger partial charge in [0.2, 0.25) is 5.95 Å². The fraction of sp³-hybridized carbons (Fsp3) is 0.333. The fourth-order valence-corrected chi connectivity index (χ4v) is 3.08. The van der Waals surface area contributed by atoms with E-state index in [1.165, 1.54) is 12.4 Å². The van der Waals surface area contributed by atoms with Gasteiger partial charge in [-0.1, -0.05) is 0 Å². The fourth-order valence-electron chi connectivity index (χ4n) is 3.08. The van der Waals surface area contributed by atoms with Gasteiger partial charge in [-0.15, -0.1) is 0 Å². The molecular formula is C15H12F3N5O2. The van der Waals surface area contributed by atoms with Gasteiger partial charge in [-0.05, 0) is 12.1 Å². The summed E-state index contributed by atoms with van der Waals surface area (Å²) in [7, 11) is 0. The molecule has 0 aliphatic carbocycles. The van der Waals surface area contributed by atoms with Crippen LogP contribution in [0.5, 0.6) is 0 Å². The minimum atomic E-state index is -4.40. The third kappa shape index (κ3) is 2.53. The number of nitrogens with zero attached hydrogens (tertiary/aromatic N) is 5. The predicted molar refractivity (Wildman–Crippen MR) is 80.5 cm³/mol. The molecule has 0 bridgehead atoms. The Kier molecular flexibility index (Phi) is 3.31. The van der Waals surface area contributed by atoms with E-state index >= 15 is 0 Å². The summed E-state index contributed by atoms with van der Waals surface area (Å²) in [5.74, 6) is -0.376. The van der Waals surface area contributed by atoms with E-state index in [4.69, 9.17) is 5.11 Å². The van der Waals surface area contributed by atoms with Crippen molar-refractivity contribution < 1.29 is 23.1 Å². The number of rotatable bonds is 3. The number of fused-ring (bicyclic) bond motifs is 1. The Bertz CT molecular complexity index is 827. The average molecular weight is 351 g/mol. The standard InChI is InChI=1S/C15H12F3N5O2/c16-15(17,18)9-1-2-19-12(3-9)22-6-11-10(22)7-23(11)14-20-4-8(5-21-14)13(24)25/h1-5,10-11H,6-7H2,(H,24,25)/t10?,11-/m0/s1. The van der Waals surface area contributed by atoms with E-state index in [0.29, 0.717) is 24.9 Å². The van der Waals surface area contributed by atoms with Crippen molar-refractivity contribution in [1.82, 2.24) is 15.0 Å². The zero-order chi connectivity index (χ0) is 17.8. The highest BCUT2D eigenvalue weighted by Gasteiger charge is 2.53. The quantitative estimate of drug-likeness (QED) is 0.901. The van der Waals surface area contributed by atoms with E-state index in [0.717, 1.165) is 18.3 Å². The SMILES string of the molecule is O=C(O)c1cnc(N2CC3[C@@H]2CN3c2cc(C(F)(F)F)ccn2)nc1. The molecule has 1 N–H and O–H groups in total. The van der Waals surface area contributed by atoms with Gasteiger partial charge >= 0.3 is 12.1 Å². The number of carbonyl (C=O) groups is 1. The second-order valence-electron chi connectivity index (χ2n) is 5.92. The Morgan fingerprint density at radius 3 is 2.32 bits per heavy atom. The molecule has 4 rings (SSSR count). The molecule has 130 valence electrons. The van der Waals surface area contributed by atoms with Crippen LogP contribution in [0.2, 0.25) is 0 Å². The first kappa shape index (κ1) is 15.6. The Hall–Kier alpha value is -2.91. The maximum absolute atomic E-state index is 12.8. The van der Waals surface area contributed by atoms with Crippen molar-refractivity contribution in [1.29, 1.82) is 0 Å². The lowest BCUT2D eigenvalue weighted by Crippen LogP contribution is -2.80. The summed E-state index contributed by atoms with van der Waals surface area (Å²) in [6, 6.07) is 2.15. The topological polar surface area (TPSA) is 82.5 Å². The lowest BCUT2D eigenvalue weighted by atomic mass is 9.86. The van der Waals surface area contributed by atoms with Gasteiger partial charge in [-0.3, -0.25) is 0 Å². The van der Waals surface area contributed by atoms with E-state index < -0.39 is 17.7 Å². The van der Waals surface area contributed by atoms with Gasteiger partial charge in [0.15, 0.2) is 0 Å². The number of carboxylic acids is 1. The Morgan fingerprint density at radius 2 is 1.76 bits per heavy atom. The zero-order valence-corrected chi connectivity index (χ0v) is 12.7. The van der Waals surface area contributed by atoms with Crippen molar-refractivity contribution in [2.24, 2.45) is 0 Å². The normalized spacial score (nSPS) is 22.0. The van der Waals surface area contributed by atoms with Gasteiger partial charge in [-0.2, -0.15) is 13.2 Å². The number of aromatic nitrogens is 3. The molecule has 2 saturated heterocycles. The molecule has 10 heteroatoms. The lowest BCUT2D eigenvalue weighted by molar-refractivity contribution is -0.137. The van der Waals surface area contributed by atoms with Crippen LogP contribution in [0.4, 0.5) is 24.9 Å². The molecule has 2 aromatic heterocycles. The third-order valence-corrected chi connectivity index (χ3v) is 4.52. The number of anilines is 2. The van der Waals surface area contributed by atoms with Gasteiger partial charge in [0.25, 0.3) is 0 Å². The maximum Gasteiger partial charge on any atom is 0.416 e. The molecule has 0 aromatic carbocycles. The van der Waals surface area contributed by atoms with Crippen LogP contribution in [0, 0.1) is 0 Å². The third-order valence-electron chi connectivity index (χ3n) is 4.52. The molecule has 2 atom stereocenters.